The SMILES string of the molecule is CC(=O)c1ccc(N(C)C)cc1.COc1ccc(-c2cc(-c3ccc(N(C)C)cc3)[nH]n2)cc1.COc1ccc(C(=O)Cl)cc1. The zero-order valence-corrected chi connectivity index (χ0v) is 27.4. The Morgan fingerprint density at radius 1 is 0.644 bits per heavy atom. The van der Waals surface area contributed by atoms with E-state index in [0.29, 0.717) is 11.3 Å². The highest BCUT2D eigenvalue weighted by molar-refractivity contribution is 6.67. The van der Waals surface area contributed by atoms with Crippen LogP contribution in [0.25, 0.3) is 22.5 Å². The Kier molecular flexibility index (Phi) is 12.8. The first-order chi connectivity index (χ1) is 21.5. The van der Waals surface area contributed by atoms with Crippen molar-refractivity contribution in [3.8, 4) is 34.0 Å². The van der Waals surface area contributed by atoms with E-state index in [1.165, 1.54) is 5.69 Å². The van der Waals surface area contributed by atoms with Crippen LogP contribution in [0.5, 0.6) is 11.5 Å². The maximum Gasteiger partial charge on any atom is 0.252 e. The van der Waals surface area contributed by atoms with Crippen LogP contribution in [0.1, 0.15) is 27.6 Å². The smallest absolute Gasteiger partial charge is 0.252 e. The fourth-order valence-corrected chi connectivity index (χ4v) is 4.16. The summed E-state index contributed by atoms with van der Waals surface area (Å²) in [6.07, 6.45) is 0. The van der Waals surface area contributed by atoms with Crippen molar-refractivity contribution in [3.63, 3.8) is 0 Å². The molecule has 0 fully saturated rings. The summed E-state index contributed by atoms with van der Waals surface area (Å²) in [5.41, 5.74) is 7.66. The lowest BCUT2D eigenvalue weighted by Crippen LogP contribution is -2.08. The van der Waals surface area contributed by atoms with Crippen LogP contribution in [0.4, 0.5) is 11.4 Å². The molecule has 9 heteroatoms. The first-order valence-electron chi connectivity index (χ1n) is 14.1. The van der Waals surface area contributed by atoms with Crippen molar-refractivity contribution in [2.75, 3.05) is 52.2 Å². The van der Waals surface area contributed by atoms with Gasteiger partial charge in [-0.3, -0.25) is 14.7 Å². The number of benzene rings is 4. The van der Waals surface area contributed by atoms with E-state index in [9.17, 15) is 9.59 Å². The molecule has 0 unspecified atom stereocenters. The maximum atomic E-state index is 10.9. The van der Waals surface area contributed by atoms with Crippen LogP contribution in [0.3, 0.4) is 0 Å². The highest BCUT2D eigenvalue weighted by atomic mass is 35.5. The summed E-state index contributed by atoms with van der Waals surface area (Å²) >= 11 is 5.22. The minimum Gasteiger partial charge on any atom is -0.497 e. The summed E-state index contributed by atoms with van der Waals surface area (Å²) in [5.74, 6) is 1.67. The number of aromatic nitrogens is 2. The second-order valence-electron chi connectivity index (χ2n) is 10.3. The molecular weight excluding hydrogens is 588 g/mol. The molecule has 5 aromatic rings. The van der Waals surface area contributed by atoms with Gasteiger partial charge in [0.1, 0.15) is 11.5 Å². The number of carbonyl (C=O) groups excluding carboxylic acids is 2. The molecule has 5 rings (SSSR count). The molecule has 0 saturated carbocycles. The number of hydrogen-bond acceptors (Lipinski definition) is 7. The van der Waals surface area contributed by atoms with Crippen LogP contribution in [0.2, 0.25) is 0 Å². The van der Waals surface area contributed by atoms with Crippen molar-refractivity contribution in [2.24, 2.45) is 0 Å². The Balaban J connectivity index is 0.000000203. The second kappa shape index (κ2) is 16.7. The first kappa shape index (κ1) is 34.4. The standard InChI is InChI=1S/C18H19N3O.C10H13NO.C8H7ClO2/c1-21(2)15-8-4-13(5-9-15)17-12-18(20-19-17)14-6-10-16(22-3)11-7-14;1-8(12)9-4-6-10(7-5-9)11(2)3;1-11-7-4-2-6(3-5-7)8(9)10/h4-12H,1-3H3,(H,19,20);4-7H,1-3H3;2-5H,1H3. The Hall–Kier alpha value is -5.08. The minimum atomic E-state index is -0.451. The molecule has 0 bridgehead atoms. The highest BCUT2D eigenvalue weighted by Gasteiger charge is 2.07. The summed E-state index contributed by atoms with van der Waals surface area (Å²) in [6.45, 7) is 1.57. The molecule has 0 aliphatic carbocycles. The summed E-state index contributed by atoms with van der Waals surface area (Å²) in [7, 11) is 11.3. The van der Waals surface area contributed by atoms with Crippen molar-refractivity contribution >= 4 is 34.0 Å². The lowest BCUT2D eigenvalue weighted by Gasteiger charge is -2.12. The molecule has 0 spiro atoms. The van der Waals surface area contributed by atoms with E-state index < -0.39 is 5.24 Å². The number of anilines is 2. The third-order valence-corrected chi connectivity index (χ3v) is 6.98. The normalized spacial score (nSPS) is 9.96. The number of nitrogens with one attached hydrogen (secondary N) is 1. The number of rotatable bonds is 8. The monoisotopic (exact) mass is 626 g/mol. The summed E-state index contributed by atoms with van der Waals surface area (Å²) in [6, 6.07) is 32.5. The van der Waals surface area contributed by atoms with Gasteiger partial charge in [-0.05, 0) is 115 Å². The number of hydrogen-bond donors (Lipinski definition) is 1. The number of halogens is 1. The van der Waals surface area contributed by atoms with Gasteiger partial charge in [0.25, 0.3) is 5.24 Å². The van der Waals surface area contributed by atoms with Crippen LogP contribution in [-0.4, -0.2) is 63.6 Å². The molecule has 4 aromatic carbocycles. The molecule has 1 aromatic heterocycles. The summed E-state index contributed by atoms with van der Waals surface area (Å²) in [5, 5.41) is 7.05. The molecule has 234 valence electrons. The Morgan fingerprint density at radius 3 is 1.49 bits per heavy atom. The van der Waals surface area contributed by atoms with Gasteiger partial charge in [0.2, 0.25) is 0 Å². The van der Waals surface area contributed by atoms with E-state index >= 15 is 0 Å². The van der Waals surface area contributed by atoms with Crippen LogP contribution in [0, 0.1) is 0 Å². The zero-order chi connectivity index (χ0) is 32.9. The van der Waals surface area contributed by atoms with Crippen LogP contribution >= 0.6 is 11.6 Å². The number of aromatic amines is 1. The predicted octanol–water partition coefficient (Wildman–Crippen LogP) is 7.85. The van der Waals surface area contributed by atoms with Gasteiger partial charge in [-0.1, -0.05) is 12.1 Å². The molecule has 0 aliphatic heterocycles. The van der Waals surface area contributed by atoms with E-state index in [0.717, 1.165) is 39.5 Å². The first-order valence-corrected chi connectivity index (χ1v) is 14.5. The Bertz CT molecular complexity index is 1650. The third-order valence-electron chi connectivity index (χ3n) is 6.77. The fourth-order valence-electron chi connectivity index (χ4n) is 4.03. The third kappa shape index (κ3) is 10.3. The highest BCUT2D eigenvalue weighted by Crippen LogP contribution is 2.26. The van der Waals surface area contributed by atoms with Gasteiger partial charge in [-0.2, -0.15) is 5.10 Å². The molecule has 8 nitrogen and oxygen atoms in total. The van der Waals surface area contributed by atoms with Gasteiger partial charge in [0, 0.05) is 56.3 Å². The number of methoxy groups -OCH3 is 2. The Labute approximate surface area is 270 Å². The van der Waals surface area contributed by atoms with Crippen molar-refractivity contribution in [1.29, 1.82) is 0 Å². The van der Waals surface area contributed by atoms with Gasteiger partial charge in [0.05, 0.1) is 25.6 Å². The van der Waals surface area contributed by atoms with Crippen molar-refractivity contribution < 1.29 is 19.1 Å². The average molecular weight is 627 g/mol. The molecule has 0 aliphatic rings. The predicted molar refractivity (Wildman–Crippen MR) is 184 cm³/mol. The van der Waals surface area contributed by atoms with Gasteiger partial charge in [-0.15, -0.1) is 0 Å². The molecule has 0 saturated heterocycles. The van der Waals surface area contributed by atoms with E-state index in [-0.39, 0.29) is 5.78 Å². The molecular formula is C36H39ClN4O4. The minimum absolute atomic E-state index is 0.111. The number of Topliss-reactive ketones (excluding diaryl/α,β-unsaturated/α-hetero) is 1. The van der Waals surface area contributed by atoms with Crippen molar-refractivity contribution in [1.82, 2.24) is 10.2 Å². The topological polar surface area (TPSA) is 87.8 Å². The van der Waals surface area contributed by atoms with Crippen molar-refractivity contribution in [2.45, 2.75) is 6.92 Å². The van der Waals surface area contributed by atoms with Crippen LogP contribution in [-0.2, 0) is 0 Å². The quantitative estimate of drug-likeness (QED) is 0.139. The van der Waals surface area contributed by atoms with E-state index in [4.69, 9.17) is 21.1 Å². The molecule has 0 atom stereocenters. The van der Waals surface area contributed by atoms with E-state index in [1.54, 1.807) is 45.4 Å². The Morgan fingerprint density at radius 2 is 1.07 bits per heavy atom. The maximum absolute atomic E-state index is 10.9. The molecule has 0 amide bonds. The van der Waals surface area contributed by atoms with Gasteiger partial charge < -0.3 is 19.3 Å². The van der Waals surface area contributed by atoms with Gasteiger partial charge in [0.15, 0.2) is 5.78 Å². The number of nitrogens with zero attached hydrogens (tertiary/aromatic N) is 3. The number of H-pyrrole nitrogens is 1. The molecule has 1 N–H and O–H groups in total. The molecule has 0 radical (unpaired) electrons. The lowest BCUT2D eigenvalue weighted by molar-refractivity contribution is 0.101. The molecule has 1 heterocycles. The van der Waals surface area contributed by atoms with Gasteiger partial charge >= 0.3 is 0 Å². The molecule has 45 heavy (non-hydrogen) atoms. The zero-order valence-electron chi connectivity index (χ0n) is 26.7. The van der Waals surface area contributed by atoms with Crippen LogP contribution in [0.15, 0.2) is 103 Å². The number of ether oxygens (including phenoxy) is 2. The van der Waals surface area contributed by atoms with E-state index in [2.05, 4.69) is 45.4 Å². The van der Waals surface area contributed by atoms with Crippen molar-refractivity contribution in [3.05, 3.63) is 114 Å². The van der Waals surface area contributed by atoms with E-state index in [1.807, 2.05) is 81.6 Å². The van der Waals surface area contributed by atoms with Crippen LogP contribution < -0.4 is 19.3 Å². The second-order valence-corrected chi connectivity index (χ2v) is 10.7. The fraction of sp³-hybridized carbons (Fsp3) is 0.194. The number of carbonyl (C=O) groups is 2. The van der Waals surface area contributed by atoms with Gasteiger partial charge in [-0.25, -0.2) is 0 Å². The summed E-state index contributed by atoms with van der Waals surface area (Å²) in [4.78, 5) is 25.6. The average Bonchev–Trinajstić information content (AvgIpc) is 3.56. The number of ketones is 1. The lowest BCUT2D eigenvalue weighted by atomic mass is 10.1. The summed E-state index contributed by atoms with van der Waals surface area (Å²) < 4.78 is 10.1. The largest absolute Gasteiger partial charge is 0.497 e.